The zero-order valence-electron chi connectivity index (χ0n) is 21.9. The van der Waals surface area contributed by atoms with Crippen LogP contribution in [-0.2, 0) is 22.3 Å². The maximum atomic E-state index is 6.50. The Bertz CT molecular complexity index is 1460. The van der Waals surface area contributed by atoms with E-state index < -0.39 is 5.79 Å². The van der Waals surface area contributed by atoms with Crippen LogP contribution in [-0.4, -0.2) is 43.6 Å². The maximum absolute atomic E-state index is 6.50. The van der Waals surface area contributed by atoms with E-state index in [1.54, 1.807) is 6.33 Å². The van der Waals surface area contributed by atoms with Crippen molar-refractivity contribution in [3.63, 3.8) is 0 Å². The lowest BCUT2D eigenvalue weighted by molar-refractivity contribution is -0.160. The molecule has 0 amide bonds. The van der Waals surface area contributed by atoms with Crippen LogP contribution >= 0.6 is 0 Å². The second-order valence-electron chi connectivity index (χ2n) is 11.4. The van der Waals surface area contributed by atoms with E-state index in [9.17, 15) is 0 Å². The highest BCUT2D eigenvalue weighted by Gasteiger charge is 2.54. The first-order valence-electron chi connectivity index (χ1n) is 13.8. The van der Waals surface area contributed by atoms with Gasteiger partial charge in [-0.3, -0.25) is 0 Å². The van der Waals surface area contributed by atoms with Crippen LogP contribution in [0, 0.1) is 5.92 Å². The molecule has 2 aliphatic carbocycles. The predicted molar refractivity (Wildman–Crippen MR) is 145 cm³/mol. The minimum Gasteiger partial charge on any atom is -0.367 e. The number of nitrogens with one attached hydrogen (secondary N) is 1. The van der Waals surface area contributed by atoms with Crippen molar-refractivity contribution in [1.29, 1.82) is 0 Å². The molecule has 192 valence electrons. The van der Waals surface area contributed by atoms with Gasteiger partial charge in [0.2, 0.25) is 0 Å². The van der Waals surface area contributed by atoms with E-state index in [-0.39, 0.29) is 18.2 Å². The van der Waals surface area contributed by atoms with Crippen LogP contribution < -0.4 is 5.32 Å². The number of hydrogen-bond acceptors (Lipinski definition) is 6. The molecule has 7 rings (SSSR count). The summed E-state index contributed by atoms with van der Waals surface area (Å²) in [6.07, 6.45) is 10.4. The number of rotatable bonds is 7. The molecule has 3 aromatic heterocycles. The summed E-state index contributed by atoms with van der Waals surface area (Å²) in [5.74, 6) is 0.825. The zero-order valence-corrected chi connectivity index (χ0v) is 21.9. The first-order valence-corrected chi connectivity index (χ1v) is 13.8. The van der Waals surface area contributed by atoms with E-state index in [2.05, 4.69) is 69.4 Å². The smallest absolute Gasteiger partial charge is 0.163 e. The third-order valence-corrected chi connectivity index (χ3v) is 8.33. The maximum Gasteiger partial charge on any atom is 0.163 e. The molecule has 0 bridgehead atoms. The number of fused-ring (bicyclic) bond motifs is 3. The van der Waals surface area contributed by atoms with Gasteiger partial charge in [0.25, 0.3) is 0 Å². The quantitative estimate of drug-likeness (QED) is 0.346. The molecule has 4 aromatic rings. The van der Waals surface area contributed by atoms with Gasteiger partial charge in [-0.15, -0.1) is 0 Å². The molecule has 37 heavy (non-hydrogen) atoms. The SMILES string of the molecule is CCc1ncnc2c1ccn2[C@@H]1C[C@H](CCc2ccc3ccc(NC4CC4)nc3c2)[C@H]2OC(C)(C)O[C@H]21. The van der Waals surface area contributed by atoms with Gasteiger partial charge in [-0.25, -0.2) is 15.0 Å². The molecule has 0 radical (unpaired) electrons. The molecule has 0 spiro atoms. The fourth-order valence-electron chi connectivity index (χ4n) is 6.37. The van der Waals surface area contributed by atoms with Crippen molar-refractivity contribution in [1.82, 2.24) is 19.5 Å². The first-order chi connectivity index (χ1) is 18.0. The molecule has 3 fully saturated rings. The van der Waals surface area contributed by atoms with Crippen molar-refractivity contribution < 1.29 is 9.47 Å². The molecule has 1 aliphatic heterocycles. The van der Waals surface area contributed by atoms with Crippen LogP contribution in [0.2, 0.25) is 0 Å². The van der Waals surface area contributed by atoms with E-state index in [1.807, 2.05) is 13.8 Å². The van der Waals surface area contributed by atoms with Crippen LogP contribution in [0.4, 0.5) is 5.82 Å². The molecule has 4 heterocycles. The number of anilines is 1. The second kappa shape index (κ2) is 8.77. The summed E-state index contributed by atoms with van der Waals surface area (Å²) < 4.78 is 15.3. The average molecular weight is 498 g/mol. The summed E-state index contributed by atoms with van der Waals surface area (Å²) in [6, 6.07) is 13.9. The van der Waals surface area contributed by atoms with E-state index in [4.69, 9.17) is 14.5 Å². The van der Waals surface area contributed by atoms with Crippen LogP contribution in [0.25, 0.3) is 21.9 Å². The Balaban J connectivity index is 1.13. The van der Waals surface area contributed by atoms with Gasteiger partial charge in [-0.1, -0.05) is 19.1 Å². The Morgan fingerprint density at radius 2 is 1.89 bits per heavy atom. The molecule has 1 aromatic carbocycles. The average Bonchev–Trinajstić information content (AvgIpc) is 3.37. The molecule has 1 saturated heterocycles. The van der Waals surface area contributed by atoms with Crippen molar-refractivity contribution in [2.24, 2.45) is 5.92 Å². The Hall–Kier alpha value is -3.03. The van der Waals surface area contributed by atoms with E-state index in [0.717, 1.165) is 53.7 Å². The van der Waals surface area contributed by atoms with Gasteiger partial charge in [0, 0.05) is 23.0 Å². The van der Waals surface area contributed by atoms with Gasteiger partial charge in [0.1, 0.15) is 23.9 Å². The van der Waals surface area contributed by atoms with E-state index >= 15 is 0 Å². The largest absolute Gasteiger partial charge is 0.367 e. The van der Waals surface area contributed by atoms with E-state index in [0.29, 0.717) is 12.0 Å². The highest BCUT2D eigenvalue weighted by atomic mass is 16.8. The van der Waals surface area contributed by atoms with Crippen LogP contribution in [0.15, 0.2) is 48.9 Å². The summed E-state index contributed by atoms with van der Waals surface area (Å²) in [4.78, 5) is 14.0. The lowest BCUT2D eigenvalue weighted by atomic mass is 9.95. The van der Waals surface area contributed by atoms with Gasteiger partial charge >= 0.3 is 0 Å². The molecule has 2 saturated carbocycles. The van der Waals surface area contributed by atoms with Gasteiger partial charge in [0.05, 0.1) is 23.4 Å². The number of ether oxygens (including phenoxy) is 2. The van der Waals surface area contributed by atoms with Gasteiger partial charge in [-0.2, -0.15) is 0 Å². The Kier molecular flexibility index (Phi) is 5.48. The third kappa shape index (κ3) is 4.28. The zero-order chi connectivity index (χ0) is 25.1. The Morgan fingerprint density at radius 1 is 1.05 bits per heavy atom. The Morgan fingerprint density at radius 3 is 2.73 bits per heavy atom. The lowest BCUT2D eigenvalue weighted by Gasteiger charge is -2.24. The summed E-state index contributed by atoms with van der Waals surface area (Å²) >= 11 is 0. The molecule has 7 heteroatoms. The molecular formula is C30H35N5O2. The fourth-order valence-corrected chi connectivity index (χ4v) is 6.37. The molecule has 4 atom stereocenters. The van der Waals surface area contributed by atoms with Crippen molar-refractivity contribution in [2.45, 2.75) is 89.4 Å². The lowest BCUT2D eigenvalue weighted by Crippen LogP contribution is -2.27. The number of aryl methyl sites for hydroxylation is 2. The van der Waals surface area contributed by atoms with Crippen molar-refractivity contribution in [2.75, 3.05) is 5.32 Å². The molecule has 1 N–H and O–H groups in total. The van der Waals surface area contributed by atoms with Gasteiger partial charge in [-0.05, 0) is 88.1 Å². The standard InChI is InChI=1S/C30H35N5O2/c1-4-23-22-13-14-35(29(22)32-17-31-23)25-16-20(27-28(25)37-30(2,3)36-27)8-6-18-5-7-19-9-12-26(33-21-10-11-21)34-24(19)15-18/h5,7,9,12-15,17,20-21,25,27-28H,4,6,8,10-11,16H2,1-3H3,(H,33,34)/t20-,25+,27+,28-/m0/s1. The second-order valence-corrected chi connectivity index (χ2v) is 11.4. The van der Waals surface area contributed by atoms with Crippen LogP contribution in [0.3, 0.4) is 0 Å². The van der Waals surface area contributed by atoms with Gasteiger partial charge in [0.15, 0.2) is 5.79 Å². The predicted octanol–water partition coefficient (Wildman–Crippen LogP) is 5.83. The van der Waals surface area contributed by atoms with Crippen LogP contribution in [0.1, 0.15) is 63.8 Å². The number of pyridine rings is 1. The highest BCUT2D eigenvalue weighted by Crippen LogP contribution is 2.49. The van der Waals surface area contributed by atoms with Crippen LogP contribution in [0.5, 0.6) is 0 Å². The summed E-state index contributed by atoms with van der Waals surface area (Å²) in [5, 5.41) is 5.85. The summed E-state index contributed by atoms with van der Waals surface area (Å²) in [5.41, 5.74) is 4.49. The summed E-state index contributed by atoms with van der Waals surface area (Å²) in [7, 11) is 0. The molecule has 0 unspecified atom stereocenters. The minimum atomic E-state index is -0.573. The number of benzene rings is 1. The topological polar surface area (TPSA) is 74.1 Å². The van der Waals surface area contributed by atoms with E-state index in [1.165, 1.54) is 23.8 Å². The molecular weight excluding hydrogens is 462 g/mol. The molecule has 3 aliphatic rings. The van der Waals surface area contributed by atoms with Crippen molar-refractivity contribution in [3.05, 3.63) is 60.2 Å². The first kappa shape index (κ1) is 23.1. The third-order valence-electron chi connectivity index (χ3n) is 8.33. The fraction of sp³-hybridized carbons (Fsp3) is 0.500. The van der Waals surface area contributed by atoms with Crippen molar-refractivity contribution >= 4 is 27.8 Å². The Labute approximate surface area is 217 Å². The minimum absolute atomic E-state index is 0.0185. The monoisotopic (exact) mass is 497 g/mol. The number of hydrogen-bond donors (Lipinski definition) is 1. The molecule has 7 nitrogen and oxygen atoms in total. The number of nitrogens with zero attached hydrogens (tertiary/aromatic N) is 4. The van der Waals surface area contributed by atoms with Crippen molar-refractivity contribution in [3.8, 4) is 0 Å². The summed E-state index contributed by atoms with van der Waals surface area (Å²) in [6.45, 7) is 6.21. The highest BCUT2D eigenvalue weighted by molar-refractivity contribution is 5.81. The normalized spacial score (nSPS) is 26.7. The van der Waals surface area contributed by atoms with Gasteiger partial charge < -0.3 is 19.4 Å². The number of aromatic nitrogens is 4.